The summed E-state index contributed by atoms with van der Waals surface area (Å²) < 4.78 is 0.974. The summed E-state index contributed by atoms with van der Waals surface area (Å²) in [6.45, 7) is 0. The van der Waals surface area contributed by atoms with E-state index in [0.29, 0.717) is 11.4 Å². The van der Waals surface area contributed by atoms with E-state index in [9.17, 15) is 9.59 Å². The first kappa shape index (κ1) is 13.3. The van der Waals surface area contributed by atoms with Gasteiger partial charge in [-0.15, -0.1) is 0 Å². The van der Waals surface area contributed by atoms with E-state index in [2.05, 4.69) is 0 Å². The summed E-state index contributed by atoms with van der Waals surface area (Å²) in [6.07, 6.45) is 0.324. The van der Waals surface area contributed by atoms with Crippen LogP contribution in [0.15, 0.2) is 24.3 Å². The van der Waals surface area contributed by atoms with E-state index in [1.54, 1.807) is 24.3 Å². The molecule has 0 aromatic heterocycles. The standard InChI is InChI=1S/C11H13ClN2O3/c12-14(9-6-4-8(13)5-7-9)10(15)2-1-3-11(16)17/h4-7H,1-3,13H2,(H,16,17). The van der Waals surface area contributed by atoms with Gasteiger partial charge in [-0.3, -0.25) is 9.59 Å². The van der Waals surface area contributed by atoms with Gasteiger partial charge in [0, 0.05) is 30.3 Å². The summed E-state index contributed by atoms with van der Waals surface area (Å²) in [5.41, 5.74) is 6.60. The number of hydrogen-bond acceptors (Lipinski definition) is 3. The topological polar surface area (TPSA) is 83.6 Å². The molecule has 0 spiro atoms. The molecule has 0 fully saturated rings. The maximum atomic E-state index is 11.6. The number of carbonyl (C=O) groups excluding carboxylic acids is 1. The molecule has 0 bridgehead atoms. The molecule has 0 heterocycles. The summed E-state index contributed by atoms with van der Waals surface area (Å²) in [5.74, 6) is -1.26. The molecule has 0 aliphatic carbocycles. The number of benzene rings is 1. The second kappa shape index (κ2) is 6.10. The lowest BCUT2D eigenvalue weighted by molar-refractivity contribution is -0.137. The highest BCUT2D eigenvalue weighted by Crippen LogP contribution is 2.19. The number of carbonyl (C=O) groups is 2. The third-order valence-electron chi connectivity index (χ3n) is 2.12. The number of rotatable bonds is 5. The quantitative estimate of drug-likeness (QED) is 0.623. The van der Waals surface area contributed by atoms with Gasteiger partial charge in [-0.05, 0) is 30.7 Å². The van der Waals surface area contributed by atoms with Crippen LogP contribution in [0.25, 0.3) is 0 Å². The lowest BCUT2D eigenvalue weighted by atomic mass is 10.2. The molecule has 6 heteroatoms. The van der Waals surface area contributed by atoms with Crippen molar-refractivity contribution in [3.8, 4) is 0 Å². The number of carboxylic acids is 1. The smallest absolute Gasteiger partial charge is 0.303 e. The van der Waals surface area contributed by atoms with E-state index >= 15 is 0 Å². The molecule has 3 N–H and O–H groups in total. The van der Waals surface area contributed by atoms with Crippen LogP contribution in [-0.2, 0) is 9.59 Å². The molecule has 1 aromatic rings. The molecule has 0 unspecified atom stereocenters. The van der Waals surface area contributed by atoms with Gasteiger partial charge in [-0.25, -0.2) is 4.42 Å². The second-order valence-electron chi connectivity index (χ2n) is 3.51. The predicted octanol–water partition coefficient (Wildman–Crippen LogP) is 2.01. The van der Waals surface area contributed by atoms with Gasteiger partial charge in [-0.2, -0.15) is 0 Å². The van der Waals surface area contributed by atoms with Crippen LogP contribution in [0.4, 0.5) is 11.4 Å². The number of anilines is 2. The molecule has 0 aliphatic rings. The average molecular weight is 257 g/mol. The lowest BCUT2D eigenvalue weighted by Gasteiger charge is -2.13. The van der Waals surface area contributed by atoms with Crippen molar-refractivity contribution >= 4 is 35.0 Å². The van der Waals surface area contributed by atoms with Crippen molar-refractivity contribution in [2.24, 2.45) is 0 Å². The van der Waals surface area contributed by atoms with Gasteiger partial charge in [0.1, 0.15) is 0 Å². The van der Waals surface area contributed by atoms with Crippen LogP contribution < -0.4 is 10.2 Å². The van der Waals surface area contributed by atoms with Gasteiger partial charge < -0.3 is 10.8 Å². The SMILES string of the molecule is Nc1ccc(N(Cl)C(=O)CCCC(=O)O)cc1. The zero-order chi connectivity index (χ0) is 12.8. The van der Waals surface area contributed by atoms with Crippen molar-refractivity contribution in [3.63, 3.8) is 0 Å². The van der Waals surface area contributed by atoms with Crippen LogP contribution in [-0.4, -0.2) is 17.0 Å². The number of nitrogens with zero attached hydrogens (tertiary/aromatic N) is 1. The monoisotopic (exact) mass is 256 g/mol. The Hall–Kier alpha value is -1.75. The minimum atomic E-state index is -0.925. The Labute approximate surface area is 104 Å². The fourth-order valence-corrected chi connectivity index (χ4v) is 1.44. The Bertz CT molecular complexity index is 406. The normalized spacial score (nSPS) is 9.94. The van der Waals surface area contributed by atoms with Gasteiger partial charge in [0.2, 0.25) is 5.91 Å². The van der Waals surface area contributed by atoms with Crippen molar-refractivity contribution in [3.05, 3.63) is 24.3 Å². The number of carboxylic acid groups (broad SMARTS) is 1. The van der Waals surface area contributed by atoms with E-state index in [4.69, 9.17) is 22.6 Å². The Kier molecular flexibility index (Phi) is 4.78. The third-order valence-corrected chi connectivity index (χ3v) is 2.50. The third kappa shape index (κ3) is 4.32. The maximum absolute atomic E-state index is 11.6. The summed E-state index contributed by atoms with van der Waals surface area (Å²) >= 11 is 5.82. The molecule has 5 nitrogen and oxygen atoms in total. The minimum absolute atomic E-state index is 0.0434. The van der Waals surface area contributed by atoms with Gasteiger partial charge in [0.05, 0.1) is 5.69 Å². The summed E-state index contributed by atoms with van der Waals surface area (Å²) in [7, 11) is 0. The predicted molar refractivity (Wildman–Crippen MR) is 65.7 cm³/mol. The Morgan fingerprint density at radius 3 is 2.35 bits per heavy atom. The summed E-state index contributed by atoms with van der Waals surface area (Å²) in [6, 6.07) is 6.51. The molecule has 0 atom stereocenters. The van der Waals surface area contributed by atoms with Gasteiger partial charge in [0.15, 0.2) is 0 Å². The molecule has 0 saturated heterocycles. The first-order valence-electron chi connectivity index (χ1n) is 5.07. The van der Waals surface area contributed by atoms with Crippen molar-refractivity contribution in [2.75, 3.05) is 10.2 Å². The number of nitrogens with two attached hydrogens (primary N) is 1. The first-order valence-corrected chi connectivity index (χ1v) is 5.40. The zero-order valence-electron chi connectivity index (χ0n) is 9.10. The number of amides is 1. The van der Waals surface area contributed by atoms with E-state index in [1.165, 1.54) is 0 Å². The number of hydrogen-bond donors (Lipinski definition) is 2. The second-order valence-corrected chi connectivity index (χ2v) is 3.85. The fourth-order valence-electron chi connectivity index (χ4n) is 1.24. The zero-order valence-corrected chi connectivity index (χ0v) is 9.85. The van der Waals surface area contributed by atoms with Crippen molar-refractivity contribution in [1.29, 1.82) is 0 Å². The molecule has 0 saturated carbocycles. The molecule has 0 radical (unpaired) electrons. The van der Waals surface area contributed by atoms with Crippen LogP contribution >= 0.6 is 11.8 Å². The molecule has 92 valence electrons. The Morgan fingerprint density at radius 1 is 1.24 bits per heavy atom. The van der Waals surface area contributed by atoms with E-state index in [-0.39, 0.29) is 25.2 Å². The Morgan fingerprint density at radius 2 is 1.82 bits per heavy atom. The maximum Gasteiger partial charge on any atom is 0.303 e. The van der Waals surface area contributed by atoms with E-state index in [0.717, 1.165) is 4.42 Å². The Balaban J connectivity index is 2.51. The molecule has 1 amide bonds. The van der Waals surface area contributed by atoms with Crippen molar-refractivity contribution < 1.29 is 14.7 Å². The van der Waals surface area contributed by atoms with Crippen LogP contribution in [0.1, 0.15) is 19.3 Å². The van der Waals surface area contributed by atoms with Crippen molar-refractivity contribution in [2.45, 2.75) is 19.3 Å². The van der Waals surface area contributed by atoms with Gasteiger partial charge in [0.25, 0.3) is 0 Å². The molecular formula is C11H13ClN2O3. The lowest BCUT2D eigenvalue weighted by Crippen LogP contribution is -2.20. The van der Waals surface area contributed by atoms with Crippen LogP contribution in [0.2, 0.25) is 0 Å². The number of aliphatic carboxylic acids is 1. The fraction of sp³-hybridized carbons (Fsp3) is 0.273. The van der Waals surface area contributed by atoms with Gasteiger partial charge >= 0.3 is 5.97 Å². The largest absolute Gasteiger partial charge is 0.481 e. The van der Waals surface area contributed by atoms with Crippen LogP contribution in [0.5, 0.6) is 0 Å². The molecule has 1 rings (SSSR count). The van der Waals surface area contributed by atoms with Crippen molar-refractivity contribution in [1.82, 2.24) is 0 Å². The minimum Gasteiger partial charge on any atom is -0.481 e. The number of nitrogen functional groups attached to an aromatic ring is 1. The van der Waals surface area contributed by atoms with E-state index < -0.39 is 5.97 Å². The van der Waals surface area contributed by atoms with E-state index in [1.807, 2.05) is 0 Å². The van der Waals surface area contributed by atoms with Crippen LogP contribution in [0, 0.1) is 0 Å². The number of halogens is 1. The average Bonchev–Trinajstić information content (AvgIpc) is 2.28. The highest BCUT2D eigenvalue weighted by molar-refractivity contribution is 6.36. The molecule has 17 heavy (non-hydrogen) atoms. The molecule has 1 aromatic carbocycles. The van der Waals surface area contributed by atoms with Gasteiger partial charge in [-0.1, -0.05) is 0 Å². The van der Waals surface area contributed by atoms with Crippen LogP contribution in [0.3, 0.4) is 0 Å². The first-order chi connectivity index (χ1) is 8.00. The highest BCUT2D eigenvalue weighted by atomic mass is 35.5. The summed E-state index contributed by atoms with van der Waals surface area (Å²) in [4.78, 5) is 21.9. The summed E-state index contributed by atoms with van der Waals surface area (Å²) in [5, 5.41) is 8.44. The highest BCUT2D eigenvalue weighted by Gasteiger charge is 2.13. The molecule has 0 aliphatic heterocycles. The molecular weight excluding hydrogens is 244 g/mol.